The fourth-order valence-electron chi connectivity index (χ4n) is 6.06. The number of hydrogen-bond donors (Lipinski definition) is 2. The van der Waals surface area contributed by atoms with Gasteiger partial charge >= 0.3 is 0 Å². The third-order valence-electron chi connectivity index (χ3n) is 9.66. The topological polar surface area (TPSA) is 108 Å². The quantitative estimate of drug-likeness (QED) is 0.0276. The van der Waals surface area contributed by atoms with Gasteiger partial charge in [0.15, 0.2) is 0 Å². The number of unbranched alkanes of at least 4 members (excludes halogenated alkanes) is 16. The molecule has 0 aromatic carbocycles. The van der Waals surface area contributed by atoms with Gasteiger partial charge in [-0.25, -0.2) is 0 Å². The highest BCUT2D eigenvalue weighted by molar-refractivity contribution is 7.45. The van der Waals surface area contributed by atoms with Crippen LogP contribution in [0.4, 0.5) is 0 Å². The number of nitrogens with zero attached hydrogens (tertiary/aromatic N) is 1. The smallest absolute Gasteiger partial charge is 0.268 e. The molecule has 0 saturated heterocycles. The Hall–Kier alpha value is -2.32. The molecule has 3 unspecified atom stereocenters. The first-order valence-electron chi connectivity index (χ1n) is 22.9. The molecular weight excluding hydrogens is 744 g/mol. The zero-order valence-electron chi connectivity index (χ0n) is 37.7. The molecule has 0 fully saturated rings. The van der Waals surface area contributed by atoms with Crippen molar-refractivity contribution in [3.05, 3.63) is 85.1 Å². The van der Waals surface area contributed by atoms with Gasteiger partial charge in [-0.05, 0) is 77.6 Å². The van der Waals surface area contributed by atoms with Crippen LogP contribution in [0.3, 0.4) is 0 Å². The van der Waals surface area contributed by atoms with Crippen molar-refractivity contribution in [2.45, 2.75) is 180 Å². The molecule has 0 saturated carbocycles. The molecule has 0 aromatic rings. The highest BCUT2D eigenvalue weighted by Crippen LogP contribution is 2.38. The molecule has 3 atom stereocenters. The number of hydrogen-bond acceptors (Lipinski definition) is 6. The van der Waals surface area contributed by atoms with E-state index in [2.05, 4.69) is 79.1 Å². The zero-order valence-corrected chi connectivity index (χ0v) is 38.6. The fourth-order valence-corrected chi connectivity index (χ4v) is 6.79. The molecule has 334 valence electrons. The van der Waals surface area contributed by atoms with Gasteiger partial charge in [-0.3, -0.25) is 9.36 Å². The van der Waals surface area contributed by atoms with Gasteiger partial charge in [0.05, 0.1) is 39.9 Å². The Labute approximate surface area is 356 Å². The first kappa shape index (κ1) is 55.7. The summed E-state index contributed by atoms with van der Waals surface area (Å²) in [5.74, 6) is -0.220. The summed E-state index contributed by atoms with van der Waals surface area (Å²) < 4.78 is 23.1. The lowest BCUT2D eigenvalue weighted by Gasteiger charge is -2.29. The van der Waals surface area contributed by atoms with Crippen LogP contribution in [-0.4, -0.2) is 68.5 Å². The van der Waals surface area contributed by atoms with Crippen LogP contribution < -0.4 is 10.2 Å². The molecule has 0 radical (unpaired) electrons. The summed E-state index contributed by atoms with van der Waals surface area (Å²) in [4.78, 5) is 25.2. The number of amides is 1. The lowest BCUT2D eigenvalue weighted by Crippen LogP contribution is -2.45. The molecule has 0 aliphatic carbocycles. The van der Waals surface area contributed by atoms with Crippen LogP contribution >= 0.6 is 7.82 Å². The Morgan fingerprint density at radius 2 is 1.09 bits per heavy atom. The molecule has 0 heterocycles. The second-order valence-corrected chi connectivity index (χ2v) is 17.8. The van der Waals surface area contributed by atoms with E-state index in [1.165, 1.54) is 77.0 Å². The monoisotopic (exact) mass is 831 g/mol. The van der Waals surface area contributed by atoms with Gasteiger partial charge in [0.25, 0.3) is 7.82 Å². The Morgan fingerprint density at radius 1 is 0.638 bits per heavy atom. The highest BCUT2D eigenvalue weighted by Gasteiger charge is 2.23. The Balaban J connectivity index is 4.15. The molecule has 1 amide bonds. The minimum atomic E-state index is -4.60. The normalized spacial score (nSPS) is 15.1. The fraction of sp³-hybridized carbons (Fsp3) is 0.694. The highest BCUT2D eigenvalue weighted by atomic mass is 31.2. The maximum absolute atomic E-state index is 12.8. The molecular formula is C49H87N2O6P. The van der Waals surface area contributed by atoms with Crippen molar-refractivity contribution in [2.75, 3.05) is 40.9 Å². The number of carbonyl (C=O) groups is 1. The van der Waals surface area contributed by atoms with E-state index in [1.54, 1.807) is 6.08 Å². The summed E-state index contributed by atoms with van der Waals surface area (Å²) in [5.41, 5.74) is 0. The molecule has 2 N–H and O–H groups in total. The number of aliphatic hydroxyl groups excluding tert-OH is 1. The number of phosphoric acid groups is 1. The van der Waals surface area contributed by atoms with Crippen LogP contribution in [-0.2, 0) is 18.4 Å². The summed E-state index contributed by atoms with van der Waals surface area (Å²) in [5, 5.41) is 13.7. The standard InChI is InChI=1S/C49H87N2O6P/c1-6-8-10-12-14-16-17-18-19-20-21-22-23-24-25-26-27-28-29-30-31-32-33-35-37-39-41-43-49(53)50-47(46-57-58(54,55)56-45-44-51(3,4)5)48(52)42-40-38-36-34-15-13-11-9-7-2/h7-10,14-16,18-19,21-22,34,40,42,47-48,52H,6,11-13,17,20,23-33,35-39,41,43-46H2,1-5H3,(H-,50,53,54,55)/b9-7+,10-8-,16-14-,19-18-,22-21-,34-15+,42-40+. The SMILES string of the molecule is C/C=C/CC/C=C/CC/C=C/C(O)C(COP(=O)([O-])OCC[N+](C)(C)C)NC(=O)CCCCCCCCCCCCCCCC/C=C\C/C=C\C/C=C\C/C=C\CC. The van der Waals surface area contributed by atoms with E-state index in [-0.39, 0.29) is 12.5 Å². The molecule has 0 aliphatic heterocycles. The Bertz CT molecular complexity index is 1220. The zero-order chi connectivity index (χ0) is 42.8. The van der Waals surface area contributed by atoms with Crippen molar-refractivity contribution >= 4 is 13.7 Å². The van der Waals surface area contributed by atoms with Gasteiger partial charge in [-0.15, -0.1) is 0 Å². The molecule has 9 heteroatoms. The van der Waals surface area contributed by atoms with Crippen LogP contribution in [0.2, 0.25) is 0 Å². The van der Waals surface area contributed by atoms with E-state index in [0.717, 1.165) is 70.6 Å². The van der Waals surface area contributed by atoms with Crippen LogP contribution in [0.5, 0.6) is 0 Å². The molecule has 0 bridgehead atoms. The largest absolute Gasteiger partial charge is 0.756 e. The number of nitrogens with one attached hydrogen (secondary N) is 1. The van der Waals surface area contributed by atoms with Gasteiger partial charge in [-0.1, -0.05) is 169 Å². The van der Waals surface area contributed by atoms with E-state index in [0.29, 0.717) is 17.4 Å². The maximum Gasteiger partial charge on any atom is 0.268 e. The van der Waals surface area contributed by atoms with E-state index in [4.69, 9.17) is 9.05 Å². The molecule has 0 spiro atoms. The number of likely N-dealkylation sites (N-methyl/N-ethyl adjacent to an activating group) is 1. The van der Waals surface area contributed by atoms with E-state index >= 15 is 0 Å². The van der Waals surface area contributed by atoms with Crippen molar-refractivity contribution in [2.24, 2.45) is 0 Å². The first-order chi connectivity index (χ1) is 28.0. The molecule has 0 aromatic heterocycles. The lowest BCUT2D eigenvalue weighted by molar-refractivity contribution is -0.870. The van der Waals surface area contributed by atoms with Crippen molar-refractivity contribution in [3.8, 4) is 0 Å². The maximum atomic E-state index is 12.8. The van der Waals surface area contributed by atoms with Gasteiger partial charge in [0.1, 0.15) is 13.2 Å². The molecule has 0 aliphatic rings. The van der Waals surface area contributed by atoms with Gasteiger partial charge in [0.2, 0.25) is 5.91 Å². The van der Waals surface area contributed by atoms with Crippen molar-refractivity contribution in [1.82, 2.24) is 5.32 Å². The van der Waals surface area contributed by atoms with Crippen LogP contribution in [0.25, 0.3) is 0 Å². The molecule has 0 rings (SSSR count). The van der Waals surface area contributed by atoms with E-state index < -0.39 is 26.6 Å². The Kier molecular flexibility index (Phi) is 38.5. The van der Waals surface area contributed by atoms with E-state index in [9.17, 15) is 19.4 Å². The minimum absolute atomic E-state index is 0.0129. The van der Waals surface area contributed by atoms with Gasteiger partial charge < -0.3 is 28.8 Å². The number of phosphoric ester groups is 1. The second kappa shape index (κ2) is 40.1. The number of quaternary nitrogens is 1. The van der Waals surface area contributed by atoms with Crippen molar-refractivity contribution in [1.29, 1.82) is 0 Å². The third kappa shape index (κ3) is 41.8. The van der Waals surface area contributed by atoms with Gasteiger partial charge in [-0.2, -0.15) is 0 Å². The summed E-state index contributed by atoms with van der Waals surface area (Å²) in [6.45, 7) is 4.25. The first-order valence-corrected chi connectivity index (χ1v) is 24.4. The van der Waals surface area contributed by atoms with E-state index in [1.807, 2.05) is 40.2 Å². The number of allylic oxidation sites excluding steroid dienone is 13. The number of aliphatic hydroxyl groups is 1. The average molecular weight is 831 g/mol. The van der Waals surface area contributed by atoms with Crippen LogP contribution in [0, 0.1) is 0 Å². The molecule has 58 heavy (non-hydrogen) atoms. The average Bonchev–Trinajstić information content (AvgIpc) is 3.17. The van der Waals surface area contributed by atoms with Crippen LogP contribution in [0.15, 0.2) is 85.1 Å². The predicted molar refractivity (Wildman–Crippen MR) is 246 cm³/mol. The number of rotatable bonds is 40. The van der Waals surface area contributed by atoms with Gasteiger partial charge in [0, 0.05) is 6.42 Å². The van der Waals surface area contributed by atoms with Crippen molar-refractivity contribution in [3.63, 3.8) is 0 Å². The molecule has 8 nitrogen and oxygen atoms in total. The third-order valence-corrected chi connectivity index (χ3v) is 10.6. The summed E-state index contributed by atoms with van der Waals surface area (Å²) in [6, 6.07) is -0.911. The minimum Gasteiger partial charge on any atom is -0.756 e. The summed E-state index contributed by atoms with van der Waals surface area (Å²) in [7, 11) is 1.22. The summed E-state index contributed by atoms with van der Waals surface area (Å²) in [6.07, 6.45) is 55.3. The number of carbonyl (C=O) groups excluding carboxylic acids is 1. The van der Waals surface area contributed by atoms with Crippen LogP contribution in [0.1, 0.15) is 168 Å². The Morgan fingerprint density at radius 3 is 1.60 bits per heavy atom. The van der Waals surface area contributed by atoms with Crippen molar-refractivity contribution < 1.29 is 32.9 Å². The second-order valence-electron chi connectivity index (χ2n) is 16.4. The summed E-state index contributed by atoms with van der Waals surface area (Å²) >= 11 is 0. The lowest BCUT2D eigenvalue weighted by atomic mass is 10.0. The predicted octanol–water partition coefficient (Wildman–Crippen LogP) is 12.3.